The predicted octanol–water partition coefficient (Wildman–Crippen LogP) is 5.28. The zero-order valence-electron chi connectivity index (χ0n) is 28.7. The molecule has 51 heavy (non-hydrogen) atoms. The number of esters is 2. The van der Waals surface area contributed by atoms with Gasteiger partial charge in [0.25, 0.3) is 0 Å². The van der Waals surface area contributed by atoms with Crippen molar-refractivity contribution in [2.75, 3.05) is 25.1 Å². The number of aliphatic hydroxyl groups is 2. The third-order valence-corrected chi connectivity index (χ3v) is 10.3. The molecule has 0 amide bonds. The van der Waals surface area contributed by atoms with Crippen molar-refractivity contribution in [3.63, 3.8) is 0 Å². The molecular weight excluding hydrogens is 707 g/mol. The smallest absolute Gasteiger partial charge is 0.405 e. The largest absolute Gasteiger partial charge is 0.427 e. The summed E-state index contributed by atoms with van der Waals surface area (Å²) in [7, 11) is -4.24. The normalized spacial score (nSPS) is 22.6. The molecule has 2 aromatic heterocycles. The summed E-state index contributed by atoms with van der Waals surface area (Å²) >= 11 is 6.44. The Morgan fingerprint density at radius 2 is 1.86 bits per heavy atom. The highest BCUT2D eigenvalue weighted by Gasteiger charge is 2.45. The summed E-state index contributed by atoms with van der Waals surface area (Å²) in [5.41, 5.74) is 0.282. The Morgan fingerprint density at radius 3 is 2.53 bits per heavy atom. The van der Waals surface area contributed by atoms with E-state index in [2.05, 4.69) is 16.4 Å². The van der Waals surface area contributed by atoms with Gasteiger partial charge < -0.3 is 43.6 Å². The van der Waals surface area contributed by atoms with Gasteiger partial charge in [-0.3, -0.25) is 9.32 Å². The van der Waals surface area contributed by atoms with Crippen LogP contribution in [0.2, 0.25) is 5.15 Å². The second kappa shape index (κ2) is 16.3. The number of pyridine rings is 1. The second-order valence-electron chi connectivity index (χ2n) is 13.4. The molecule has 276 valence electrons. The average molecular weight is 749 g/mol. The maximum atomic E-state index is 13.9. The molecule has 3 aromatic rings. The van der Waals surface area contributed by atoms with E-state index >= 15 is 0 Å². The molecule has 2 aliphatic rings. The van der Waals surface area contributed by atoms with E-state index in [0.29, 0.717) is 16.7 Å². The lowest BCUT2D eigenvalue weighted by molar-refractivity contribution is -0.177. The number of benzene rings is 1. The summed E-state index contributed by atoms with van der Waals surface area (Å²) in [6.45, 7) is 5.19. The highest BCUT2D eigenvalue weighted by molar-refractivity contribution is 7.54. The van der Waals surface area contributed by atoms with Gasteiger partial charge in [-0.05, 0) is 58.7 Å². The molecule has 1 aliphatic carbocycles. The first kappa shape index (κ1) is 38.5. The quantitative estimate of drug-likeness (QED) is 0.0832. The van der Waals surface area contributed by atoms with E-state index in [1.165, 1.54) is 23.6 Å². The minimum Gasteiger partial charge on any atom is -0.427 e. The molecule has 1 saturated heterocycles. The second-order valence-corrected chi connectivity index (χ2v) is 15.7. The molecule has 1 aromatic carbocycles. The van der Waals surface area contributed by atoms with Crippen LogP contribution in [-0.2, 0) is 37.6 Å². The Balaban J connectivity index is 1.26. The van der Waals surface area contributed by atoms with Crippen molar-refractivity contribution in [1.82, 2.24) is 9.55 Å². The minimum atomic E-state index is -4.24. The molecule has 6 atom stereocenters. The number of halogens is 1. The Morgan fingerprint density at radius 1 is 1.16 bits per heavy atom. The van der Waals surface area contributed by atoms with Crippen molar-refractivity contribution < 1.29 is 52.4 Å². The fourth-order valence-electron chi connectivity index (χ4n) is 5.73. The third-order valence-electron chi connectivity index (χ3n) is 8.42. The molecule has 5 rings (SSSR count). The van der Waals surface area contributed by atoms with E-state index in [9.17, 15) is 29.6 Å². The topological polar surface area (TPSA) is 201 Å². The summed E-state index contributed by atoms with van der Waals surface area (Å²) in [4.78, 5) is 29.0. The van der Waals surface area contributed by atoms with Gasteiger partial charge in [-0.15, -0.1) is 0 Å². The molecule has 17 heteroatoms. The van der Waals surface area contributed by atoms with Gasteiger partial charge in [-0.2, -0.15) is 5.26 Å². The van der Waals surface area contributed by atoms with Crippen molar-refractivity contribution >= 4 is 47.9 Å². The van der Waals surface area contributed by atoms with Crippen molar-refractivity contribution in [1.29, 1.82) is 5.26 Å². The van der Waals surface area contributed by atoms with Crippen molar-refractivity contribution in [2.24, 2.45) is 5.41 Å². The average Bonchev–Trinajstić information content (AvgIpc) is 3.81. The van der Waals surface area contributed by atoms with Gasteiger partial charge >= 0.3 is 19.5 Å². The first-order valence-corrected chi connectivity index (χ1v) is 18.6. The van der Waals surface area contributed by atoms with Gasteiger partial charge in [0.15, 0.2) is 23.8 Å². The van der Waals surface area contributed by atoms with E-state index in [1.807, 2.05) is 0 Å². The van der Waals surface area contributed by atoms with Gasteiger partial charge in [0.2, 0.25) is 6.79 Å². The number of carbonyl (C=O) groups is 2. The molecule has 0 spiro atoms. The number of hydrogen-bond acceptors (Lipinski definition) is 14. The van der Waals surface area contributed by atoms with Crippen LogP contribution < -0.4 is 9.84 Å². The minimum absolute atomic E-state index is 0.0171. The van der Waals surface area contributed by atoms with E-state index in [0.717, 1.165) is 25.7 Å². The van der Waals surface area contributed by atoms with Crippen LogP contribution in [0.1, 0.15) is 65.2 Å². The van der Waals surface area contributed by atoms with Crippen LogP contribution in [0.15, 0.2) is 42.6 Å². The molecule has 0 bridgehead atoms. The van der Waals surface area contributed by atoms with E-state index < -0.39 is 68.7 Å². The fourth-order valence-corrected chi connectivity index (χ4v) is 7.44. The highest BCUT2D eigenvalue weighted by atomic mass is 35.5. The molecule has 0 radical (unpaired) electrons. The Hall–Kier alpha value is -3.74. The highest BCUT2D eigenvalue weighted by Crippen LogP contribution is 2.50. The van der Waals surface area contributed by atoms with Gasteiger partial charge in [0, 0.05) is 17.6 Å². The zero-order chi connectivity index (χ0) is 36.9. The Labute approximate surface area is 300 Å². The number of hydrogen-bond donors (Lipinski definition) is 3. The monoisotopic (exact) mass is 748 g/mol. The van der Waals surface area contributed by atoms with E-state index in [-0.39, 0.29) is 29.1 Å². The summed E-state index contributed by atoms with van der Waals surface area (Å²) < 4.78 is 48.3. The number of ether oxygens (including phenoxy) is 4. The van der Waals surface area contributed by atoms with Gasteiger partial charge in [-0.1, -0.05) is 42.6 Å². The van der Waals surface area contributed by atoms with Crippen LogP contribution in [0.25, 0.3) is 11.0 Å². The summed E-state index contributed by atoms with van der Waals surface area (Å²) in [6, 6.07) is 12.1. The van der Waals surface area contributed by atoms with Gasteiger partial charge in [0.05, 0.1) is 17.7 Å². The van der Waals surface area contributed by atoms with Crippen LogP contribution in [0.4, 0.5) is 5.69 Å². The number of aliphatic hydroxyl groups excluding tert-OH is 2. The van der Waals surface area contributed by atoms with Gasteiger partial charge in [-0.25, -0.2) is 14.3 Å². The number of para-hydroxylation sites is 1. The van der Waals surface area contributed by atoms with Crippen LogP contribution in [0.3, 0.4) is 0 Å². The standard InChI is InChI=1S/C34H42ClN4O11P/c1-20(32(42)46-18-47-33(43)34(2,3)4)49-51(44,50-22-12-6-5-7-13-22)19-45-17-25-27(40)28(41)31(48-25)39-15-14-23-26(37-21-10-8-9-11-21)24(16-36)29(35)38-30(23)39/h5-7,12-15,20-21,25,27-28,31,40-41H,8-11,17-19H2,1-4H3,(H,37,38)/t20-,25+,27+,28+,31+,51+/m0/s1. The number of rotatable bonds is 14. The molecule has 1 aliphatic heterocycles. The molecule has 1 saturated carbocycles. The number of carbonyl (C=O) groups excluding carboxylic acids is 2. The summed E-state index contributed by atoms with van der Waals surface area (Å²) in [5, 5.41) is 35.8. The molecule has 3 N–H and O–H groups in total. The van der Waals surface area contributed by atoms with E-state index in [4.69, 9.17) is 39.6 Å². The van der Waals surface area contributed by atoms with Gasteiger partial charge in [0.1, 0.15) is 41.3 Å². The van der Waals surface area contributed by atoms with Crippen LogP contribution >= 0.6 is 19.2 Å². The Kier molecular flexibility index (Phi) is 12.3. The maximum absolute atomic E-state index is 13.9. The van der Waals surface area contributed by atoms with Crippen LogP contribution in [-0.4, -0.2) is 81.9 Å². The summed E-state index contributed by atoms with van der Waals surface area (Å²) in [6.07, 6.45) is -1.49. The first-order valence-electron chi connectivity index (χ1n) is 16.5. The fraction of sp³-hybridized carbons (Fsp3) is 0.529. The maximum Gasteiger partial charge on any atom is 0.405 e. The van der Waals surface area contributed by atoms with Crippen LogP contribution in [0.5, 0.6) is 5.75 Å². The summed E-state index contributed by atoms with van der Waals surface area (Å²) in [5.74, 6) is -1.38. The van der Waals surface area contributed by atoms with E-state index in [1.54, 1.807) is 51.2 Å². The lowest BCUT2D eigenvalue weighted by Gasteiger charge is -2.23. The zero-order valence-corrected chi connectivity index (χ0v) is 30.3. The number of aromatic nitrogens is 2. The first-order chi connectivity index (χ1) is 24.2. The molecule has 15 nitrogen and oxygen atoms in total. The van der Waals surface area contributed by atoms with Crippen molar-refractivity contribution in [3.8, 4) is 11.8 Å². The lowest BCUT2D eigenvalue weighted by atomic mass is 9.98. The molecular formula is C34H42ClN4O11P. The Bertz CT molecular complexity index is 1790. The van der Waals surface area contributed by atoms with Crippen molar-refractivity contribution in [2.45, 2.75) is 90.1 Å². The predicted molar refractivity (Wildman–Crippen MR) is 184 cm³/mol. The number of anilines is 1. The molecule has 0 unspecified atom stereocenters. The number of fused-ring (bicyclic) bond motifs is 1. The molecule has 3 heterocycles. The SMILES string of the molecule is C[C@H](O[P@](=O)(COC[C@H]1O[C@@H](n2ccc3c(NC4CCCC4)c(C#N)c(Cl)nc32)[C@H](O)[C@@H]1O)Oc1ccccc1)C(=O)OCOC(=O)C(C)(C)C. The number of nitrogens with one attached hydrogen (secondary N) is 1. The van der Waals surface area contributed by atoms with Crippen molar-refractivity contribution in [3.05, 3.63) is 53.3 Å². The van der Waals surface area contributed by atoms with Crippen LogP contribution in [0, 0.1) is 16.7 Å². The lowest BCUT2D eigenvalue weighted by Crippen LogP contribution is -2.34. The number of nitrogens with zero attached hydrogens (tertiary/aromatic N) is 3. The number of nitriles is 1. The third kappa shape index (κ3) is 9.20. The molecule has 2 fully saturated rings.